The van der Waals surface area contributed by atoms with Crippen LogP contribution in [0.3, 0.4) is 0 Å². The second-order valence-electron chi connectivity index (χ2n) is 5.56. The molecule has 1 N–H and O–H groups in total. The molecule has 0 aliphatic heterocycles. The van der Waals surface area contributed by atoms with Crippen LogP contribution in [0.1, 0.15) is 11.4 Å². The maximum absolute atomic E-state index is 5.43. The highest BCUT2D eigenvalue weighted by Gasteiger charge is 2.09. The van der Waals surface area contributed by atoms with Gasteiger partial charge in [-0.2, -0.15) is 5.10 Å². The van der Waals surface area contributed by atoms with Crippen LogP contribution in [-0.4, -0.2) is 26.7 Å². The van der Waals surface area contributed by atoms with Crippen molar-refractivity contribution < 1.29 is 4.74 Å². The molecule has 0 saturated carbocycles. The molecule has 0 fully saturated rings. The van der Waals surface area contributed by atoms with Crippen LogP contribution in [0, 0.1) is 6.92 Å². The zero-order valence-corrected chi connectivity index (χ0v) is 13.5. The topological polar surface area (TPSA) is 64.3 Å². The third kappa shape index (κ3) is 2.42. The molecule has 1 aromatic carbocycles. The molecule has 3 heterocycles. The molecule has 0 radical (unpaired) electrons. The molecule has 0 bridgehead atoms. The van der Waals surface area contributed by atoms with Gasteiger partial charge in [-0.1, -0.05) is 12.1 Å². The lowest BCUT2D eigenvalue weighted by Gasteiger charge is -2.13. The molecule has 24 heavy (non-hydrogen) atoms. The van der Waals surface area contributed by atoms with Crippen LogP contribution >= 0.6 is 0 Å². The molecule has 0 unspecified atom stereocenters. The summed E-state index contributed by atoms with van der Waals surface area (Å²) in [4.78, 5) is 8.90. The number of para-hydroxylation sites is 1. The summed E-state index contributed by atoms with van der Waals surface area (Å²) < 4.78 is 7.27. The van der Waals surface area contributed by atoms with E-state index in [1.54, 1.807) is 19.5 Å². The van der Waals surface area contributed by atoms with Gasteiger partial charge in [-0.25, -0.2) is 14.5 Å². The molecule has 3 aromatic heterocycles. The Balaban J connectivity index is 1.73. The minimum Gasteiger partial charge on any atom is -0.494 e. The van der Waals surface area contributed by atoms with Crippen molar-refractivity contribution >= 4 is 22.2 Å². The van der Waals surface area contributed by atoms with Gasteiger partial charge in [-0.3, -0.25) is 0 Å². The van der Waals surface area contributed by atoms with E-state index in [1.165, 1.54) is 0 Å². The third-order valence-corrected chi connectivity index (χ3v) is 3.98. The van der Waals surface area contributed by atoms with E-state index in [4.69, 9.17) is 4.74 Å². The fourth-order valence-corrected chi connectivity index (χ4v) is 2.87. The minimum absolute atomic E-state index is 0.635. The highest BCUT2D eigenvalue weighted by Crippen LogP contribution is 2.30. The van der Waals surface area contributed by atoms with Crippen molar-refractivity contribution in [1.82, 2.24) is 19.6 Å². The minimum atomic E-state index is 0.635. The number of hydrogen-bond acceptors (Lipinski definition) is 5. The number of aromatic nitrogens is 4. The third-order valence-electron chi connectivity index (χ3n) is 3.98. The predicted octanol–water partition coefficient (Wildman–Crippen LogP) is 3.21. The molecule has 4 rings (SSSR count). The highest BCUT2D eigenvalue weighted by atomic mass is 16.5. The van der Waals surface area contributed by atoms with E-state index in [0.717, 1.165) is 39.4 Å². The Kier molecular flexibility index (Phi) is 3.49. The van der Waals surface area contributed by atoms with Crippen LogP contribution in [0.15, 0.2) is 48.8 Å². The summed E-state index contributed by atoms with van der Waals surface area (Å²) in [5.74, 6) is 0.776. The average Bonchev–Trinajstić information content (AvgIpc) is 3.08. The molecule has 6 nitrogen and oxygen atoms in total. The maximum Gasteiger partial charge on any atom is 0.155 e. The Morgan fingerprint density at radius 2 is 2.08 bits per heavy atom. The fourth-order valence-electron chi connectivity index (χ4n) is 2.87. The van der Waals surface area contributed by atoms with Crippen molar-refractivity contribution in [2.75, 3.05) is 12.4 Å². The van der Waals surface area contributed by atoms with Gasteiger partial charge in [0.25, 0.3) is 0 Å². The summed E-state index contributed by atoms with van der Waals surface area (Å²) in [5, 5.41) is 8.85. The van der Waals surface area contributed by atoms with Gasteiger partial charge >= 0.3 is 0 Å². The van der Waals surface area contributed by atoms with E-state index >= 15 is 0 Å². The van der Waals surface area contributed by atoms with Crippen LogP contribution in [-0.2, 0) is 6.54 Å². The van der Waals surface area contributed by atoms with Gasteiger partial charge in [-0.05, 0) is 25.1 Å². The molecule has 0 aliphatic rings. The Labute approximate surface area is 139 Å². The first-order valence-electron chi connectivity index (χ1n) is 7.72. The van der Waals surface area contributed by atoms with Crippen molar-refractivity contribution in [2.45, 2.75) is 13.5 Å². The number of anilines is 1. The summed E-state index contributed by atoms with van der Waals surface area (Å²) in [6, 6.07) is 11.8. The number of rotatable bonds is 4. The monoisotopic (exact) mass is 319 g/mol. The molecule has 0 aliphatic carbocycles. The molecule has 0 saturated heterocycles. The summed E-state index contributed by atoms with van der Waals surface area (Å²) in [6.45, 7) is 2.62. The van der Waals surface area contributed by atoms with E-state index in [0.29, 0.717) is 6.54 Å². The van der Waals surface area contributed by atoms with Crippen molar-refractivity contribution in [3.05, 3.63) is 60.2 Å². The molecule has 6 heteroatoms. The number of nitrogens with one attached hydrogen (secondary N) is 1. The van der Waals surface area contributed by atoms with Gasteiger partial charge in [0.15, 0.2) is 5.65 Å². The molecule has 0 amide bonds. The van der Waals surface area contributed by atoms with Gasteiger partial charge in [0, 0.05) is 29.0 Å². The number of hydrogen-bond donors (Lipinski definition) is 1. The average molecular weight is 319 g/mol. The lowest BCUT2D eigenvalue weighted by molar-refractivity contribution is 0.419. The number of methoxy groups -OCH3 is 1. The van der Waals surface area contributed by atoms with E-state index in [9.17, 15) is 0 Å². The smallest absolute Gasteiger partial charge is 0.155 e. The van der Waals surface area contributed by atoms with Gasteiger partial charge in [0.1, 0.15) is 11.3 Å². The van der Waals surface area contributed by atoms with Crippen LogP contribution in [0.2, 0.25) is 0 Å². The Hall–Kier alpha value is -3.15. The van der Waals surface area contributed by atoms with E-state index in [2.05, 4.69) is 20.4 Å². The van der Waals surface area contributed by atoms with Crippen LogP contribution < -0.4 is 10.1 Å². The number of ether oxygens (including phenoxy) is 1. The van der Waals surface area contributed by atoms with Gasteiger partial charge in [0.05, 0.1) is 25.5 Å². The number of benzene rings is 1. The first kappa shape index (κ1) is 14.4. The maximum atomic E-state index is 5.43. The quantitative estimate of drug-likeness (QED) is 0.626. The predicted molar refractivity (Wildman–Crippen MR) is 93.3 cm³/mol. The first-order valence-corrected chi connectivity index (χ1v) is 7.72. The largest absolute Gasteiger partial charge is 0.494 e. The lowest BCUT2D eigenvalue weighted by Crippen LogP contribution is -2.07. The molecular weight excluding hydrogens is 302 g/mol. The molecule has 0 atom stereocenters. The van der Waals surface area contributed by atoms with Gasteiger partial charge in [-0.15, -0.1) is 0 Å². The van der Waals surface area contributed by atoms with E-state index in [1.807, 2.05) is 47.8 Å². The molecular formula is C18H17N5O. The number of pyridine rings is 1. The fraction of sp³-hybridized carbons (Fsp3) is 0.167. The van der Waals surface area contributed by atoms with Crippen molar-refractivity contribution in [3.63, 3.8) is 0 Å². The normalized spacial score (nSPS) is 11.1. The van der Waals surface area contributed by atoms with Crippen LogP contribution in [0.25, 0.3) is 16.6 Å². The van der Waals surface area contributed by atoms with Crippen molar-refractivity contribution in [2.24, 2.45) is 0 Å². The second kappa shape index (κ2) is 5.81. The summed E-state index contributed by atoms with van der Waals surface area (Å²) in [7, 11) is 1.66. The number of nitrogens with zero attached hydrogens (tertiary/aromatic N) is 4. The van der Waals surface area contributed by atoms with E-state index < -0.39 is 0 Å². The Morgan fingerprint density at radius 1 is 1.17 bits per heavy atom. The Bertz CT molecular complexity index is 1020. The zero-order valence-electron chi connectivity index (χ0n) is 13.5. The molecule has 120 valence electrons. The highest BCUT2D eigenvalue weighted by molar-refractivity contribution is 5.95. The second-order valence-corrected chi connectivity index (χ2v) is 5.56. The first-order chi connectivity index (χ1) is 11.8. The summed E-state index contributed by atoms with van der Waals surface area (Å²) in [5.41, 5.74) is 4.70. The van der Waals surface area contributed by atoms with Gasteiger partial charge < -0.3 is 10.1 Å². The van der Waals surface area contributed by atoms with Crippen molar-refractivity contribution in [3.8, 4) is 5.75 Å². The van der Waals surface area contributed by atoms with Crippen LogP contribution in [0.5, 0.6) is 5.75 Å². The lowest BCUT2D eigenvalue weighted by atomic mass is 10.1. The van der Waals surface area contributed by atoms with Crippen LogP contribution in [0.4, 0.5) is 5.69 Å². The zero-order chi connectivity index (χ0) is 16.5. The summed E-state index contributed by atoms with van der Waals surface area (Å²) >= 11 is 0. The number of aryl methyl sites for hydroxylation is 1. The Morgan fingerprint density at radius 3 is 2.96 bits per heavy atom. The van der Waals surface area contributed by atoms with Crippen molar-refractivity contribution in [1.29, 1.82) is 0 Å². The SMILES string of the molecule is COc1cccc2c(NCc3ccnc4ccnn34)cc(C)nc12. The standard InChI is InChI=1S/C18H17N5O/c1-12-10-15(14-4-3-5-16(24-2)18(14)22-12)20-11-13-6-8-19-17-7-9-21-23(13)17/h3-10H,11H2,1-2H3,(H,20,22). The molecule has 4 aromatic rings. The molecule has 0 spiro atoms. The number of fused-ring (bicyclic) bond motifs is 2. The van der Waals surface area contributed by atoms with Gasteiger partial charge in [0.2, 0.25) is 0 Å². The summed E-state index contributed by atoms with van der Waals surface area (Å²) in [6.07, 6.45) is 3.55. The van der Waals surface area contributed by atoms with E-state index in [-0.39, 0.29) is 0 Å².